The topological polar surface area (TPSA) is 16.4 Å². The molecule has 0 saturated heterocycles. The predicted octanol–water partition coefficient (Wildman–Crippen LogP) is 15.0. The Kier molecular flexibility index (Phi) is 6.93. The van der Waals surface area contributed by atoms with E-state index in [1.54, 1.807) is 0 Å². The summed E-state index contributed by atoms with van der Waals surface area (Å²) in [5.74, 6) is 0. The summed E-state index contributed by atoms with van der Waals surface area (Å²) >= 11 is 0. The van der Waals surface area contributed by atoms with Crippen LogP contribution in [0.3, 0.4) is 0 Å². The summed E-state index contributed by atoms with van der Waals surface area (Å²) in [6.45, 7) is 4.68. The number of benzene rings is 9. The Morgan fingerprint density at radius 2 is 1.02 bits per heavy atom. The minimum Gasteiger partial charge on any atom is -0.456 e. The highest BCUT2D eigenvalue weighted by atomic mass is 16.3. The number of para-hydroxylation sites is 1. The number of furan rings is 1. The average Bonchev–Trinajstić information content (AvgIpc) is 3.71. The fourth-order valence-electron chi connectivity index (χ4n) is 9.09. The van der Waals surface area contributed by atoms with Gasteiger partial charge < -0.3 is 9.32 Å². The lowest BCUT2D eigenvalue weighted by molar-refractivity contribution is 0.660. The van der Waals surface area contributed by atoms with Gasteiger partial charge in [0.2, 0.25) is 0 Å². The Morgan fingerprint density at radius 3 is 1.84 bits per heavy atom. The molecule has 0 bridgehead atoms. The lowest BCUT2D eigenvalue weighted by Gasteiger charge is -2.29. The molecule has 0 saturated carbocycles. The van der Waals surface area contributed by atoms with Crippen molar-refractivity contribution in [2.75, 3.05) is 4.90 Å². The van der Waals surface area contributed by atoms with Crippen LogP contribution in [0.4, 0.5) is 17.1 Å². The van der Waals surface area contributed by atoms with E-state index in [9.17, 15) is 0 Å². The molecular weight excluding hydrogens is 667 g/mol. The van der Waals surface area contributed by atoms with Gasteiger partial charge in [0.15, 0.2) is 0 Å². The summed E-state index contributed by atoms with van der Waals surface area (Å²) in [6.07, 6.45) is 0. The number of anilines is 3. The van der Waals surface area contributed by atoms with Gasteiger partial charge in [-0.1, -0.05) is 147 Å². The molecule has 1 heterocycles. The van der Waals surface area contributed by atoms with E-state index in [1.165, 1.54) is 54.9 Å². The van der Waals surface area contributed by atoms with E-state index < -0.39 is 0 Å². The quantitative estimate of drug-likeness (QED) is 0.177. The zero-order chi connectivity index (χ0) is 36.7. The van der Waals surface area contributed by atoms with Crippen LogP contribution in [0.1, 0.15) is 25.0 Å². The largest absolute Gasteiger partial charge is 0.456 e. The van der Waals surface area contributed by atoms with Crippen molar-refractivity contribution < 1.29 is 4.42 Å². The van der Waals surface area contributed by atoms with Gasteiger partial charge in [0, 0.05) is 33.1 Å². The molecule has 11 rings (SSSR count). The van der Waals surface area contributed by atoms with Crippen molar-refractivity contribution in [2.24, 2.45) is 0 Å². The van der Waals surface area contributed by atoms with Gasteiger partial charge in [-0.3, -0.25) is 0 Å². The van der Waals surface area contributed by atoms with Crippen molar-refractivity contribution in [3.63, 3.8) is 0 Å². The molecule has 10 aromatic rings. The van der Waals surface area contributed by atoms with Crippen molar-refractivity contribution in [2.45, 2.75) is 19.3 Å². The summed E-state index contributed by atoms with van der Waals surface area (Å²) in [7, 11) is 0. The molecule has 0 fully saturated rings. The maximum absolute atomic E-state index is 6.45. The van der Waals surface area contributed by atoms with Crippen LogP contribution in [0, 0.1) is 0 Å². The van der Waals surface area contributed by atoms with E-state index >= 15 is 0 Å². The van der Waals surface area contributed by atoms with E-state index in [0.29, 0.717) is 0 Å². The Balaban J connectivity index is 1.09. The number of hydrogen-bond donors (Lipinski definition) is 0. The van der Waals surface area contributed by atoms with E-state index in [2.05, 4.69) is 207 Å². The van der Waals surface area contributed by atoms with E-state index in [0.717, 1.165) is 50.1 Å². The summed E-state index contributed by atoms with van der Waals surface area (Å²) in [5, 5.41) is 7.15. The number of rotatable bonds is 5. The van der Waals surface area contributed by atoms with Crippen LogP contribution in [0.25, 0.3) is 76.9 Å². The smallest absolute Gasteiger partial charge is 0.136 e. The molecule has 0 aliphatic heterocycles. The number of fused-ring (bicyclic) bond motifs is 8. The van der Waals surface area contributed by atoms with Gasteiger partial charge in [0.25, 0.3) is 0 Å². The zero-order valence-electron chi connectivity index (χ0n) is 30.8. The fourth-order valence-corrected chi connectivity index (χ4v) is 9.09. The second kappa shape index (κ2) is 12.1. The standard InChI is InChI=1S/C53H37NO/c1-53(2)47-19-9-7-17-44(47)45-33-41(28-29-48(45)53)54(49-20-10-8-16-42(49)39-23-22-34-12-3-4-13-36(34)30-39)40-26-24-35(25-27-40)43-18-11-21-50-52(43)46-31-37-14-5-6-15-38(37)32-51(46)55-50/h3-33H,1-2H3. The van der Waals surface area contributed by atoms with Crippen molar-refractivity contribution >= 4 is 60.5 Å². The second-order valence-electron chi connectivity index (χ2n) is 15.3. The van der Waals surface area contributed by atoms with Crippen LogP contribution in [0.15, 0.2) is 192 Å². The molecule has 0 unspecified atom stereocenters. The molecule has 1 aliphatic rings. The zero-order valence-corrected chi connectivity index (χ0v) is 30.8. The fraction of sp³-hybridized carbons (Fsp3) is 0.0566. The highest BCUT2D eigenvalue weighted by Gasteiger charge is 2.35. The highest BCUT2D eigenvalue weighted by Crippen LogP contribution is 2.51. The van der Waals surface area contributed by atoms with Crippen LogP contribution in [0.5, 0.6) is 0 Å². The third-order valence-corrected chi connectivity index (χ3v) is 11.8. The Morgan fingerprint density at radius 1 is 0.400 bits per heavy atom. The lowest BCUT2D eigenvalue weighted by Crippen LogP contribution is -2.15. The predicted molar refractivity (Wildman–Crippen MR) is 232 cm³/mol. The first-order chi connectivity index (χ1) is 27.0. The molecule has 55 heavy (non-hydrogen) atoms. The van der Waals surface area contributed by atoms with Crippen molar-refractivity contribution in [1.82, 2.24) is 0 Å². The molecule has 260 valence electrons. The van der Waals surface area contributed by atoms with Gasteiger partial charge in [0.05, 0.1) is 5.69 Å². The third kappa shape index (κ3) is 4.95. The molecule has 0 radical (unpaired) electrons. The van der Waals surface area contributed by atoms with Gasteiger partial charge in [-0.2, -0.15) is 0 Å². The summed E-state index contributed by atoms with van der Waals surface area (Å²) in [5.41, 5.74) is 15.1. The van der Waals surface area contributed by atoms with Gasteiger partial charge in [0.1, 0.15) is 11.2 Å². The molecule has 0 N–H and O–H groups in total. The molecule has 0 atom stereocenters. The Bertz CT molecular complexity index is 3130. The lowest BCUT2D eigenvalue weighted by atomic mass is 9.82. The first-order valence-electron chi connectivity index (χ1n) is 19.1. The Hall–Kier alpha value is -6.90. The van der Waals surface area contributed by atoms with E-state index in [1.807, 2.05) is 0 Å². The van der Waals surface area contributed by atoms with Crippen LogP contribution in [0.2, 0.25) is 0 Å². The van der Waals surface area contributed by atoms with Crippen molar-refractivity contribution in [3.05, 3.63) is 199 Å². The minimum absolute atomic E-state index is 0.0650. The second-order valence-corrected chi connectivity index (χ2v) is 15.3. The maximum atomic E-state index is 6.45. The van der Waals surface area contributed by atoms with Gasteiger partial charge in [-0.25, -0.2) is 0 Å². The molecule has 1 aliphatic carbocycles. The van der Waals surface area contributed by atoms with Crippen LogP contribution >= 0.6 is 0 Å². The van der Waals surface area contributed by atoms with Gasteiger partial charge in [-0.15, -0.1) is 0 Å². The number of nitrogens with zero attached hydrogens (tertiary/aromatic N) is 1. The molecule has 9 aromatic carbocycles. The highest BCUT2D eigenvalue weighted by molar-refractivity contribution is 6.15. The summed E-state index contributed by atoms with van der Waals surface area (Å²) < 4.78 is 6.45. The first kappa shape index (κ1) is 31.6. The summed E-state index contributed by atoms with van der Waals surface area (Å²) in [6, 6.07) is 68.5. The van der Waals surface area contributed by atoms with E-state index in [-0.39, 0.29) is 5.41 Å². The molecular formula is C53H37NO. The molecule has 2 heteroatoms. The normalized spacial score (nSPS) is 13.1. The van der Waals surface area contributed by atoms with Crippen molar-refractivity contribution in [1.29, 1.82) is 0 Å². The average molecular weight is 704 g/mol. The third-order valence-electron chi connectivity index (χ3n) is 11.8. The molecule has 1 aromatic heterocycles. The molecule has 2 nitrogen and oxygen atoms in total. The maximum Gasteiger partial charge on any atom is 0.136 e. The van der Waals surface area contributed by atoms with Crippen LogP contribution in [-0.2, 0) is 5.41 Å². The van der Waals surface area contributed by atoms with E-state index in [4.69, 9.17) is 4.42 Å². The van der Waals surface area contributed by atoms with Crippen LogP contribution < -0.4 is 4.90 Å². The van der Waals surface area contributed by atoms with Crippen LogP contribution in [-0.4, -0.2) is 0 Å². The summed E-state index contributed by atoms with van der Waals surface area (Å²) in [4.78, 5) is 2.43. The minimum atomic E-state index is -0.0650. The first-order valence-corrected chi connectivity index (χ1v) is 19.1. The van der Waals surface area contributed by atoms with Gasteiger partial charge >= 0.3 is 0 Å². The van der Waals surface area contributed by atoms with Gasteiger partial charge in [-0.05, 0) is 115 Å². The van der Waals surface area contributed by atoms with Crippen molar-refractivity contribution in [3.8, 4) is 33.4 Å². The SMILES string of the molecule is CC1(C)c2ccccc2-c2cc(N(c3ccc(-c4cccc5oc6cc7ccccc7cc6c45)cc3)c3ccccc3-c3ccc4ccccc4c3)ccc21. The number of hydrogen-bond acceptors (Lipinski definition) is 2. The Labute approximate surface area is 320 Å². The monoisotopic (exact) mass is 703 g/mol. The molecule has 0 spiro atoms. The molecule has 0 amide bonds.